The van der Waals surface area contributed by atoms with E-state index in [1.807, 2.05) is 6.92 Å². The zero-order valence-corrected chi connectivity index (χ0v) is 17.9. The fourth-order valence-corrected chi connectivity index (χ4v) is 4.30. The number of methoxy groups -OCH3 is 3. The first-order chi connectivity index (χ1) is 13.8. The molecule has 0 unspecified atom stereocenters. The molecule has 158 valence electrons. The molecule has 0 aliphatic carbocycles. The summed E-state index contributed by atoms with van der Waals surface area (Å²) in [6, 6.07) is 8.93. The van der Waals surface area contributed by atoms with Gasteiger partial charge in [0.25, 0.3) is 10.0 Å². The number of sulfonamides is 1. The molecule has 0 bridgehead atoms. The average molecular weight is 423 g/mol. The highest BCUT2D eigenvalue weighted by molar-refractivity contribution is 7.92. The zero-order valence-electron chi connectivity index (χ0n) is 17.1. The lowest BCUT2D eigenvalue weighted by atomic mass is 10.1. The third kappa shape index (κ3) is 4.56. The number of rotatable bonds is 9. The van der Waals surface area contributed by atoms with E-state index in [1.165, 1.54) is 45.6 Å². The first kappa shape index (κ1) is 22.4. The van der Waals surface area contributed by atoms with Crippen molar-refractivity contribution < 1.29 is 32.2 Å². The highest BCUT2D eigenvalue weighted by Gasteiger charge is 2.29. The Kier molecular flexibility index (Phi) is 7.33. The monoisotopic (exact) mass is 423 g/mol. The van der Waals surface area contributed by atoms with E-state index in [9.17, 15) is 13.2 Å². The van der Waals surface area contributed by atoms with Crippen molar-refractivity contribution in [1.82, 2.24) is 0 Å². The quantitative estimate of drug-likeness (QED) is 0.572. The number of benzene rings is 2. The van der Waals surface area contributed by atoms with E-state index < -0.39 is 16.0 Å². The summed E-state index contributed by atoms with van der Waals surface area (Å²) in [4.78, 5) is 12.4. The van der Waals surface area contributed by atoms with Gasteiger partial charge in [0.05, 0.1) is 44.1 Å². The fourth-order valence-electron chi connectivity index (χ4n) is 2.82. The maximum absolute atomic E-state index is 13.3. The summed E-state index contributed by atoms with van der Waals surface area (Å²) >= 11 is 0. The Hall–Kier alpha value is -2.94. The molecule has 9 heteroatoms. The SMILES string of the molecule is CCOc1ccc(S(=O)(=O)N(CC)c2cc(OC)c(OC)cc2C(=O)OC)cc1. The summed E-state index contributed by atoms with van der Waals surface area (Å²) in [5, 5.41) is 0. The van der Waals surface area contributed by atoms with Crippen molar-refractivity contribution in [2.24, 2.45) is 0 Å². The van der Waals surface area contributed by atoms with Gasteiger partial charge in [0.2, 0.25) is 0 Å². The Bertz CT molecular complexity index is 956. The van der Waals surface area contributed by atoms with Crippen LogP contribution in [0.1, 0.15) is 24.2 Å². The van der Waals surface area contributed by atoms with Crippen LogP contribution in [0.3, 0.4) is 0 Å². The largest absolute Gasteiger partial charge is 0.494 e. The van der Waals surface area contributed by atoms with Gasteiger partial charge in [-0.1, -0.05) is 0 Å². The topological polar surface area (TPSA) is 91.4 Å². The number of ether oxygens (including phenoxy) is 4. The molecule has 2 rings (SSSR count). The second-order valence-electron chi connectivity index (χ2n) is 5.79. The van der Waals surface area contributed by atoms with Crippen molar-refractivity contribution >= 4 is 21.7 Å². The van der Waals surface area contributed by atoms with E-state index in [4.69, 9.17) is 18.9 Å². The molecule has 0 amide bonds. The van der Waals surface area contributed by atoms with Crippen LogP contribution in [-0.2, 0) is 14.8 Å². The number of anilines is 1. The molecular formula is C20H25NO7S. The van der Waals surface area contributed by atoms with Crippen molar-refractivity contribution in [1.29, 1.82) is 0 Å². The minimum Gasteiger partial charge on any atom is -0.494 e. The fraction of sp³-hybridized carbons (Fsp3) is 0.350. The third-order valence-corrected chi connectivity index (χ3v) is 6.09. The lowest BCUT2D eigenvalue weighted by Gasteiger charge is -2.26. The van der Waals surface area contributed by atoms with Gasteiger partial charge in [-0.25, -0.2) is 13.2 Å². The molecule has 8 nitrogen and oxygen atoms in total. The zero-order chi connectivity index (χ0) is 21.6. The molecule has 0 atom stereocenters. The number of hydrogen-bond donors (Lipinski definition) is 0. The average Bonchev–Trinajstić information content (AvgIpc) is 2.73. The normalized spacial score (nSPS) is 10.9. The summed E-state index contributed by atoms with van der Waals surface area (Å²) < 4.78 is 48.5. The first-order valence-corrected chi connectivity index (χ1v) is 10.4. The van der Waals surface area contributed by atoms with Crippen LogP contribution in [0.25, 0.3) is 0 Å². The smallest absolute Gasteiger partial charge is 0.340 e. The van der Waals surface area contributed by atoms with Gasteiger partial charge in [0.15, 0.2) is 11.5 Å². The van der Waals surface area contributed by atoms with Gasteiger partial charge < -0.3 is 18.9 Å². The highest BCUT2D eigenvalue weighted by atomic mass is 32.2. The summed E-state index contributed by atoms with van der Waals surface area (Å²) in [6.45, 7) is 4.06. The van der Waals surface area contributed by atoms with Crippen molar-refractivity contribution in [3.63, 3.8) is 0 Å². The van der Waals surface area contributed by atoms with Crippen LogP contribution < -0.4 is 18.5 Å². The van der Waals surface area contributed by atoms with Crippen LogP contribution in [0, 0.1) is 0 Å². The van der Waals surface area contributed by atoms with Crippen LogP contribution in [0.15, 0.2) is 41.3 Å². The lowest BCUT2D eigenvalue weighted by molar-refractivity contribution is 0.0601. The molecule has 0 spiro atoms. The molecule has 0 aliphatic rings. The molecule has 0 heterocycles. The Morgan fingerprint density at radius 2 is 1.55 bits per heavy atom. The van der Waals surface area contributed by atoms with Gasteiger partial charge in [0, 0.05) is 18.7 Å². The van der Waals surface area contributed by atoms with E-state index >= 15 is 0 Å². The van der Waals surface area contributed by atoms with Crippen LogP contribution in [-0.4, -0.2) is 48.9 Å². The summed E-state index contributed by atoms with van der Waals surface area (Å²) in [6.07, 6.45) is 0. The van der Waals surface area contributed by atoms with Gasteiger partial charge in [-0.3, -0.25) is 4.31 Å². The predicted molar refractivity (Wildman–Crippen MR) is 109 cm³/mol. The highest BCUT2D eigenvalue weighted by Crippen LogP contribution is 2.37. The Balaban J connectivity index is 2.63. The lowest BCUT2D eigenvalue weighted by Crippen LogP contribution is -2.32. The molecule has 0 radical (unpaired) electrons. The van der Waals surface area contributed by atoms with Crippen LogP contribution in [0.2, 0.25) is 0 Å². The summed E-state index contributed by atoms with van der Waals surface area (Å²) in [7, 11) is 0.102. The van der Waals surface area contributed by atoms with Gasteiger partial charge in [-0.2, -0.15) is 0 Å². The van der Waals surface area contributed by atoms with E-state index in [1.54, 1.807) is 19.1 Å². The minimum atomic E-state index is -3.97. The van der Waals surface area contributed by atoms with E-state index in [2.05, 4.69) is 0 Å². The maximum atomic E-state index is 13.3. The molecule has 29 heavy (non-hydrogen) atoms. The molecule has 2 aromatic rings. The van der Waals surface area contributed by atoms with Crippen molar-refractivity contribution in [3.05, 3.63) is 42.0 Å². The Morgan fingerprint density at radius 1 is 0.966 bits per heavy atom. The molecule has 0 fully saturated rings. The molecule has 0 saturated carbocycles. The Morgan fingerprint density at radius 3 is 2.03 bits per heavy atom. The van der Waals surface area contributed by atoms with Gasteiger partial charge in [0.1, 0.15) is 5.75 Å². The second kappa shape index (κ2) is 9.51. The maximum Gasteiger partial charge on any atom is 0.340 e. The molecule has 0 aromatic heterocycles. The molecule has 2 aromatic carbocycles. The van der Waals surface area contributed by atoms with Crippen molar-refractivity contribution in [2.75, 3.05) is 38.8 Å². The number of carbonyl (C=O) groups is 1. The molecule has 0 saturated heterocycles. The van der Waals surface area contributed by atoms with Crippen LogP contribution in [0.5, 0.6) is 17.2 Å². The van der Waals surface area contributed by atoms with Crippen molar-refractivity contribution in [3.8, 4) is 17.2 Å². The van der Waals surface area contributed by atoms with Gasteiger partial charge >= 0.3 is 5.97 Å². The van der Waals surface area contributed by atoms with Gasteiger partial charge in [-0.15, -0.1) is 0 Å². The Labute approximate surface area is 171 Å². The standard InChI is InChI=1S/C20H25NO7S/c1-6-21(29(23,24)15-10-8-14(9-11-15)28-7-2)17-13-19(26-4)18(25-3)12-16(17)20(22)27-5/h8-13H,6-7H2,1-5H3. The van der Waals surface area contributed by atoms with Gasteiger partial charge in [-0.05, 0) is 38.1 Å². The predicted octanol–water partition coefficient (Wildman–Crippen LogP) is 3.10. The number of hydrogen-bond acceptors (Lipinski definition) is 7. The number of esters is 1. The van der Waals surface area contributed by atoms with Crippen molar-refractivity contribution in [2.45, 2.75) is 18.7 Å². The summed E-state index contributed by atoms with van der Waals surface area (Å²) in [5.41, 5.74) is 0.174. The van der Waals surface area contributed by atoms with Crippen LogP contribution >= 0.6 is 0 Å². The summed E-state index contributed by atoms with van der Waals surface area (Å²) in [5.74, 6) is 0.443. The molecule has 0 aliphatic heterocycles. The minimum absolute atomic E-state index is 0.0431. The third-order valence-electron chi connectivity index (χ3n) is 4.19. The number of nitrogens with zero attached hydrogens (tertiary/aromatic N) is 1. The molecular weight excluding hydrogens is 398 g/mol. The second-order valence-corrected chi connectivity index (χ2v) is 7.65. The van der Waals surface area contributed by atoms with E-state index in [0.717, 1.165) is 4.31 Å². The van der Waals surface area contributed by atoms with Crippen LogP contribution in [0.4, 0.5) is 5.69 Å². The number of carbonyl (C=O) groups excluding carboxylic acids is 1. The van der Waals surface area contributed by atoms with E-state index in [-0.39, 0.29) is 34.2 Å². The first-order valence-electron chi connectivity index (χ1n) is 8.93. The van der Waals surface area contributed by atoms with E-state index in [0.29, 0.717) is 12.4 Å². The molecule has 0 N–H and O–H groups in total.